The van der Waals surface area contributed by atoms with Crippen LogP contribution in [-0.2, 0) is 7.05 Å². The Bertz CT molecular complexity index is 1020. The summed E-state index contributed by atoms with van der Waals surface area (Å²) in [5.41, 5.74) is 10.2. The lowest BCUT2D eigenvalue weighted by Crippen LogP contribution is -2.37. The molecule has 3 aromatic rings. The lowest BCUT2D eigenvalue weighted by atomic mass is 10.0. The second-order valence-electron chi connectivity index (χ2n) is 8.77. The van der Waals surface area contributed by atoms with Gasteiger partial charge in [-0.1, -0.05) is 13.8 Å². The Morgan fingerprint density at radius 2 is 1.59 bits per heavy atom. The molecule has 9 heteroatoms. The first-order valence-electron chi connectivity index (χ1n) is 11.6. The third-order valence-corrected chi connectivity index (χ3v) is 6.91. The minimum atomic E-state index is 0.246. The SMILES string of the molecule is CC.CC(C)N1CCN(C(C)C)CC(c2nc3c(-c4cnn(C)c4)cnn3c(N)c2Br)C1. The van der Waals surface area contributed by atoms with Gasteiger partial charge in [-0.15, -0.1) is 0 Å². The molecule has 0 aliphatic carbocycles. The van der Waals surface area contributed by atoms with Crippen molar-refractivity contribution in [1.82, 2.24) is 34.2 Å². The number of fused-ring (bicyclic) bond motifs is 1. The lowest BCUT2D eigenvalue weighted by Gasteiger charge is -2.28. The zero-order valence-corrected chi connectivity index (χ0v) is 22.0. The summed E-state index contributed by atoms with van der Waals surface area (Å²) < 4.78 is 4.34. The molecule has 0 aromatic carbocycles. The van der Waals surface area contributed by atoms with Crippen LogP contribution in [0.3, 0.4) is 0 Å². The summed E-state index contributed by atoms with van der Waals surface area (Å²) >= 11 is 3.74. The highest BCUT2D eigenvalue weighted by molar-refractivity contribution is 9.10. The first kappa shape index (κ1) is 24.7. The van der Waals surface area contributed by atoms with Crippen LogP contribution in [0.15, 0.2) is 23.1 Å². The Labute approximate surface area is 199 Å². The molecule has 0 saturated carbocycles. The molecule has 2 N–H and O–H groups in total. The van der Waals surface area contributed by atoms with Gasteiger partial charge in [-0.25, -0.2) is 4.98 Å². The normalized spacial score (nSPS) is 16.6. The zero-order valence-electron chi connectivity index (χ0n) is 20.4. The molecule has 4 heterocycles. The van der Waals surface area contributed by atoms with Gasteiger partial charge in [0.15, 0.2) is 5.65 Å². The van der Waals surface area contributed by atoms with Gasteiger partial charge in [0.2, 0.25) is 0 Å². The molecule has 32 heavy (non-hydrogen) atoms. The van der Waals surface area contributed by atoms with Crippen LogP contribution in [0.4, 0.5) is 5.82 Å². The van der Waals surface area contributed by atoms with E-state index in [1.165, 1.54) is 0 Å². The van der Waals surface area contributed by atoms with E-state index in [-0.39, 0.29) is 5.92 Å². The van der Waals surface area contributed by atoms with Crippen LogP contribution < -0.4 is 5.73 Å². The number of aromatic nitrogens is 5. The molecule has 0 bridgehead atoms. The van der Waals surface area contributed by atoms with Crippen LogP contribution in [0.2, 0.25) is 0 Å². The van der Waals surface area contributed by atoms with Gasteiger partial charge in [-0.2, -0.15) is 14.7 Å². The maximum atomic E-state index is 6.52. The minimum Gasteiger partial charge on any atom is -0.383 e. The molecular weight excluding hydrogens is 468 g/mol. The van der Waals surface area contributed by atoms with E-state index in [0.717, 1.165) is 53.1 Å². The minimum absolute atomic E-state index is 0.246. The number of aryl methyl sites for hydroxylation is 1. The largest absolute Gasteiger partial charge is 0.383 e. The molecule has 0 unspecified atom stereocenters. The molecule has 1 aliphatic heterocycles. The van der Waals surface area contributed by atoms with Crippen molar-refractivity contribution in [2.24, 2.45) is 7.05 Å². The first-order valence-corrected chi connectivity index (χ1v) is 12.3. The second-order valence-corrected chi connectivity index (χ2v) is 9.56. The van der Waals surface area contributed by atoms with E-state index in [2.05, 4.69) is 63.6 Å². The smallest absolute Gasteiger partial charge is 0.165 e. The molecule has 0 amide bonds. The van der Waals surface area contributed by atoms with Crippen molar-refractivity contribution in [3.8, 4) is 11.1 Å². The third kappa shape index (κ3) is 4.84. The van der Waals surface area contributed by atoms with E-state index in [9.17, 15) is 0 Å². The van der Waals surface area contributed by atoms with Gasteiger partial charge in [-0.3, -0.25) is 14.5 Å². The number of halogens is 1. The molecule has 0 spiro atoms. The number of nitrogens with two attached hydrogens (primary N) is 1. The van der Waals surface area contributed by atoms with E-state index in [0.29, 0.717) is 17.9 Å². The van der Waals surface area contributed by atoms with Gasteiger partial charge < -0.3 is 5.73 Å². The van der Waals surface area contributed by atoms with E-state index >= 15 is 0 Å². The number of nitrogen functional groups attached to an aromatic ring is 1. The quantitative estimate of drug-likeness (QED) is 0.577. The fourth-order valence-electron chi connectivity index (χ4n) is 4.22. The average Bonchev–Trinajstić information content (AvgIpc) is 3.31. The number of nitrogens with zero attached hydrogens (tertiary/aromatic N) is 7. The average molecular weight is 506 g/mol. The van der Waals surface area contributed by atoms with E-state index in [1.54, 1.807) is 9.20 Å². The summed E-state index contributed by atoms with van der Waals surface area (Å²) in [4.78, 5) is 10.2. The van der Waals surface area contributed by atoms with E-state index in [1.807, 2.05) is 39.5 Å². The number of hydrogen-bond acceptors (Lipinski definition) is 6. The molecule has 0 atom stereocenters. The highest BCUT2D eigenvalue weighted by Gasteiger charge is 2.30. The van der Waals surface area contributed by atoms with Crippen molar-refractivity contribution < 1.29 is 0 Å². The summed E-state index contributed by atoms with van der Waals surface area (Å²) in [6, 6.07) is 0.973. The molecule has 1 saturated heterocycles. The highest BCUT2D eigenvalue weighted by atomic mass is 79.9. The maximum Gasteiger partial charge on any atom is 0.165 e. The zero-order chi connectivity index (χ0) is 23.6. The van der Waals surface area contributed by atoms with Crippen LogP contribution >= 0.6 is 15.9 Å². The molecule has 3 aromatic heterocycles. The van der Waals surface area contributed by atoms with Crippen molar-refractivity contribution in [3.63, 3.8) is 0 Å². The Balaban J connectivity index is 0.00000141. The Morgan fingerprint density at radius 3 is 2.09 bits per heavy atom. The van der Waals surface area contributed by atoms with Crippen LogP contribution in [-0.4, -0.2) is 72.4 Å². The van der Waals surface area contributed by atoms with Gasteiger partial charge in [0.25, 0.3) is 0 Å². The molecule has 176 valence electrons. The monoisotopic (exact) mass is 504 g/mol. The summed E-state index contributed by atoms with van der Waals surface area (Å²) in [7, 11) is 1.91. The predicted octanol–water partition coefficient (Wildman–Crippen LogP) is 4.02. The van der Waals surface area contributed by atoms with Crippen molar-refractivity contribution in [2.75, 3.05) is 31.9 Å². The maximum absolute atomic E-state index is 6.52. The van der Waals surface area contributed by atoms with Crippen LogP contribution in [0.1, 0.15) is 53.2 Å². The van der Waals surface area contributed by atoms with Gasteiger partial charge in [0.05, 0.1) is 22.6 Å². The van der Waals surface area contributed by atoms with Crippen molar-refractivity contribution in [2.45, 2.75) is 59.5 Å². The molecule has 0 radical (unpaired) electrons. The van der Waals surface area contributed by atoms with Gasteiger partial charge in [0.1, 0.15) is 5.82 Å². The Hall–Kier alpha value is -1.97. The molecule has 8 nitrogen and oxygen atoms in total. The Morgan fingerprint density at radius 1 is 1.00 bits per heavy atom. The van der Waals surface area contributed by atoms with Crippen molar-refractivity contribution in [1.29, 1.82) is 0 Å². The van der Waals surface area contributed by atoms with E-state index in [4.69, 9.17) is 10.7 Å². The van der Waals surface area contributed by atoms with Crippen LogP contribution in [0.25, 0.3) is 16.8 Å². The Kier molecular flexibility index (Phi) is 7.95. The van der Waals surface area contributed by atoms with Gasteiger partial charge >= 0.3 is 0 Å². The third-order valence-electron chi connectivity index (χ3n) is 6.10. The van der Waals surface area contributed by atoms with E-state index < -0.39 is 0 Å². The van der Waals surface area contributed by atoms with Gasteiger partial charge in [0, 0.05) is 68.6 Å². The summed E-state index contributed by atoms with van der Waals surface area (Å²) in [5.74, 6) is 0.831. The molecule has 1 fully saturated rings. The lowest BCUT2D eigenvalue weighted by molar-refractivity contribution is 0.202. The first-order chi connectivity index (χ1) is 15.3. The number of rotatable bonds is 4. The summed E-state index contributed by atoms with van der Waals surface area (Å²) in [6.07, 6.45) is 5.63. The standard InChI is InChI=1S/C21H31BrN8.C2H6/c1-13(2)28-6-7-29(14(3)4)12-16(11-28)19-18(22)20(23)30-21(26-19)17(9-25-30)15-8-24-27(5)10-15;1-2/h8-10,13-14,16H,6-7,11-12,23H2,1-5H3;1-2H3. The van der Waals surface area contributed by atoms with Gasteiger partial charge in [-0.05, 0) is 43.6 Å². The van der Waals surface area contributed by atoms with Crippen LogP contribution in [0.5, 0.6) is 0 Å². The number of anilines is 1. The fraction of sp³-hybridized carbons (Fsp3) is 0.609. The predicted molar refractivity (Wildman–Crippen MR) is 135 cm³/mol. The van der Waals surface area contributed by atoms with Crippen molar-refractivity contribution >= 4 is 27.4 Å². The highest BCUT2D eigenvalue weighted by Crippen LogP contribution is 2.34. The summed E-state index contributed by atoms with van der Waals surface area (Å²) in [5, 5.41) is 8.80. The van der Waals surface area contributed by atoms with Crippen LogP contribution in [0, 0.1) is 0 Å². The topological polar surface area (TPSA) is 80.5 Å². The number of hydrogen-bond donors (Lipinski definition) is 1. The molecule has 4 rings (SSSR count). The molecular formula is C23H37BrN8. The summed E-state index contributed by atoms with van der Waals surface area (Å²) in [6.45, 7) is 17.1. The van der Waals surface area contributed by atoms with Crippen molar-refractivity contribution in [3.05, 3.63) is 28.8 Å². The fourth-order valence-corrected chi connectivity index (χ4v) is 4.80. The molecule has 1 aliphatic rings. The second kappa shape index (κ2) is 10.3.